The van der Waals surface area contributed by atoms with E-state index >= 15 is 0 Å². The molecule has 0 aromatic heterocycles. The van der Waals surface area contributed by atoms with E-state index in [1.165, 1.54) is 0 Å². The first-order valence-electron chi connectivity index (χ1n) is 6.60. The van der Waals surface area contributed by atoms with Gasteiger partial charge in [0.15, 0.2) is 0 Å². The summed E-state index contributed by atoms with van der Waals surface area (Å²) in [5, 5.41) is 0. The maximum atomic E-state index is 6.39. The van der Waals surface area contributed by atoms with Crippen LogP contribution in [0.1, 0.15) is 53.4 Å². The van der Waals surface area contributed by atoms with Gasteiger partial charge in [-0.25, -0.2) is 0 Å². The molecule has 0 aromatic carbocycles. The highest BCUT2D eigenvalue weighted by atomic mass is 15.0. The molecule has 0 heterocycles. The molecule has 3 unspecified atom stereocenters. The van der Waals surface area contributed by atoms with E-state index in [-0.39, 0.29) is 11.5 Å². The van der Waals surface area contributed by atoms with E-state index in [0.29, 0.717) is 11.8 Å². The lowest BCUT2D eigenvalue weighted by Gasteiger charge is -2.56. The van der Waals surface area contributed by atoms with E-state index in [1.54, 1.807) is 0 Å². The topological polar surface area (TPSA) is 78.1 Å². The van der Waals surface area contributed by atoms with Gasteiger partial charge in [-0.3, -0.25) is 0 Å². The molecule has 0 spiro atoms. The molecule has 0 aromatic rings. The Balaban J connectivity index is 3.06. The van der Waals surface area contributed by atoms with E-state index in [2.05, 4.69) is 27.7 Å². The third kappa shape index (κ3) is 2.13. The van der Waals surface area contributed by atoms with Gasteiger partial charge in [0.2, 0.25) is 0 Å². The second kappa shape index (κ2) is 4.63. The molecular formula is C13H29N3. The number of hydrogen-bond donors (Lipinski definition) is 3. The average Bonchev–Trinajstić information content (AvgIpc) is 2.19. The molecule has 0 amide bonds. The van der Waals surface area contributed by atoms with Gasteiger partial charge in [0, 0.05) is 11.5 Å². The first-order valence-corrected chi connectivity index (χ1v) is 6.60. The lowest BCUT2D eigenvalue weighted by atomic mass is 9.55. The van der Waals surface area contributed by atoms with Crippen LogP contribution in [0.2, 0.25) is 0 Å². The van der Waals surface area contributed by atoms with Crippen molar-refractivity contribution in [2.75, 3.05) is 0 Å². The van der Waals surface area contributed by atoms with Crippen LogP contribution in [0, 0.1) is 17.3 Å². The summed E-state index contributed by atoms with van der Waals surface area (Å²) in [6, 6.07) is 0.249. The Labute approximate surface area is 100 Å². The van der Waals surface area contributed by atoms with E-state index in [9.17, 15) is 0 Å². The molecule has 1 fully saturated rings. The molecule has 1 aliphatic rings. The van der Waals surface area contributed by atoms with Crippen LogP contribution in [0.25, 0.3) is 0 Å². The van der Waals surface area contributed by atoms with Crippen LogP contribution in [-0.4, -0.2) is 11.7 Å². The Morgan fingerprint density at radius 3 is 2.31 bits per heavy atom. The molecular weight excluding hydrogens is 198 g/mol. The van der Waals surface area contributed by atoms with Crippen molar-refractivity contribution in [2.45, 2.75) is 65.1 Å². The SMILES string of the molecule is CCC1(CC(C)C)C(C)C(N)CCC1(N)N. The summed E-state index contributed by atoms with van der Waals surface area (Å²) in [6.45, 7) is 8.90. The first-order chi connectivity index (χ1) is 7.27. The summed E-state index contributed by atoms with van der Waals surface area (Å²) in [5.74, 6) is 1.02. The second-order valence-electron chi connectivity index (χ2n) is 6.14. The Morgan fingerprint density at radius 2 is 1.88 bits per heavy atom. The summed E-state index contributed by atoms with van der Waals surface area (Å²) in [4.78, 5) is 0. The quantitative estimate of drug-likeness (QED) is 0.643. The van der Waals surface area contributed by atoms with Crippen molar-refractivity contribution >= 4 is 0 Å². The number of rotatable bonds is 3. The van der Waals surface area contributed by atoms with Crippen LogP contribution in [0.4, 0.5) is 0 Å². The fourth-order valence-corrected chi connectivity index (χ4v) is 3.64. The highest BCUT2D eigenvalue weighted by Gasteiger charge is 2.53. The highest BCUT2D eigenvalue weighted by molar-refractivity contribution is 5.07. The molecule has 3 nitrogen and oxygen atoms in total. The predicted molar refractivity (Wildman–Crippen MR) is 69.7 cm³/mol. The van der Waals surface area contributed by atoms with Crippen LogP contribution in [0.5, 0.6) is 0 Å². The Hall–Kier alpha value is -0.120. The molecule has 0 saturated heterocycles. The predicted octanol–water partition coefficient (Wildman–Crippen LogP) is 1.80. The standard InChI is InChI=1S/C13H29N3/c1-5-12(8-9(2)3)10(4)11(14)6-7-13(12,15)16/h9-11H,5-8,14-16H2,1-4H3. The lowest BCUT2D eigenvalue weighted by molar-refractivity contribution is -0.0250. The fourth-order valence-electron chi connectivity index (χ4n) is 3.64. The lowest BCUT2D eigenvalue weighted by Crippen LogP contribution is -2.70. The minimum absolute atomic E-state index is 0.00116. The smallest absolute Gasteiger partial charge is 0.0698 e. The third-order valence-electron chi connectivity index (χ3n) is 4.74. The summed E-state index contributed by atoms with van der Waals surface area (Å²) in [5.41, 5.74) is 18.4. The molecule has 96 valence electrons. The van der Waals surface area contributed by atoms with Crippen LogP contribution in [-0.2, 0) is 0 Å². The minimum Gasteiger partial charge on any atom is -0.327 e. The van der Waals surface area contributed by atoms with Gasteiger partial charge < -0.3 is 17.2 Å². The fraction of sp³-hybridized carbons (Fsp3) is 1.00. The van der Waals surface area contributed by atoms with Gasteiger partial charge in [0.05, 0.1) is 5.66 Å². The van der Waals surface area contributed by atoms with Crippen molar-refractivity contribution in [1.82, 2.24) is 0 Å². The third-order valence-corrected chi connectivity index (χ3v) is 4.74. The van der Waals surface area contributed by atoms with Gasteiger partial charge in [0.25, 0.3) is 0 Å². The van der Waals surface area contributed by atoms with Crippen LogP contribution in [0.15, 0.2) is 0 Å². The Bertz CT molecular complexity index is 237. The molecule has 3 heteroatoms. The molecule has 0 radical (unpaired) electrons. The zero-order valence-electron chi connectivity index (χ0n) is 11.3. The van der Waals surface area contributed by atoms with E-state index in [1.807, 2.05) is 0 Å². The van der Waals surface area contributed by atoms with E-state index in [4.69, 9.17) is 17.2 Å². The maximum Gasteiger partial charge on any atom is 0.0698 e. The zero-order chi connectivity index (χ0) is 12.6. The summed E-state index contributed by atoms with van der Waals surface area (Å²) < 4.78 is 0. The van der Waals surface area contributed by atoms with Crippen molar-refractivity contribution in [2.24, 2.45) is 34.5 Å². The van der Waals surface area contributed by atoms with Crippen molar-refractivity contribution in [1.29, 1.82) is 0 Å². The maximum absolute atomic E-state index is 6.39. The van der Waals surface area contributed by atoms with E-state index in [0.717, 1.165) is 25.7 Å². The van der Waals surface area contributed by atoms with Gasteiger partial charge in [-0.2, -0.15) is 0 Å². The van der Waals surface area contributed by atoms with Crippen LogP contribution < -0.4 is 17.2 Å². The second-order valence-corrected chi connectivity index (χ2v) is 6.14. The zero-order valence-corrected chi connectivity index (χ0v) is 11.3. The summed E-state index contributed by atoms with van der Waals surface area (Å²) in [6.07, 6.45) is 3.89. The van der Waals surface area contributed by atoms with Crippen molar-refractivity contribution in [3.8, 4) is 0 Å². The summed E-state index contributed by atoms with van der Waals surface area (Å²) >= 11 is 0. The molecule has 1 saturated carbocycles. The van der Waals surface area contributed by atoms with Crippen LogP contribution >= 0.6 is 0 Å². The van der Waals surface area contributed by atoms with Gasteiger partial charge >= 0.3 is 0 Å². The molecule has 16 heavy (non-hydrogen) atoms. The average molecular weight is 227 g/mol. The molecule has 6 N–H and O–H groups in total. The normalized spacial score (nSPS) is 39.0. The van der Waals surface area contributed by atoms with Crippen molar-refractivity contribution in [3.05, 3.63) is 0 Å². The summed E-state index contributed by atoms with van der Waals surface area (Å²) in [7, 11) is 0. The Morgan fingerprint density at radius 1 is 1.31 bits per heavy atom. The van der Waals surface area contributed by atoms with Crippen molar-refractivity contribution in [3.63, 3.8) is 0 Å². The highest BCUT2D eigenvalue weighted by Crippen LogP contribution is 2.50. The van der Waals surface area contributed by atoms with Gasteiger partial charge in [0.1, 0.15) is 0 Å². The van der Waals surface area contributed by atoms with Gasteiger partial charge in [-0.1, -0.05) is 27.7 Å². The first kappa shape index (κ1) is 13.9. The Kier molecular flexibility index (Phi) is 4.04. The van der Waals surface area contributed by atoms with Crippen LogP contribution in [0.3, 0.4) is 0 Å². The molecule has 3 atom stereocenters. The van der Waals surface area contributed by atoms with Gasteiger partial charge in [-0.15, -0.1) is 0 Å². The molecule has 0 aliphatic heterocycles. The number of hydrogen-bond acceptors (Lipinski definition) is 3. The molecule has 1 rings (SSSR count). The minimum atomic E-state index is -0.554. The van der Waals surface area contributed by atoms with Gasteiger partial charge in [-0.05, 0) is 37.5 Å². The number of nitrogens with two attached hydrogens (primary N) is 3. The molecule has 0 bridgehead atoms. The monoisotopic (exact) mass is 227 g/mol. The van der Waals surface area contributed by atoms with E-state index < -0.39 is 5.66 Å². The molecule has 1 aliphatic carbocycles. The largest absolute Gasteiger partial charge is 0.327 e. The van der Waals surface area contributed by atoms with Crippen molar-refractivity contribution < 1.29 is 0 Å².